The summed E-state index contributed by atoms with van der Waals surface area (Å²) in [5.74, 6) is 2.82. The number of tetrazole rings is 1. The molecule has 26 heavy (non-hydrogen) atoms. The van der Waals surface area contributed by atoms with Gasteiger partial charge >= 0.3 is 0 Å². The predicted octanol–water partition coefficient (Wildman–Crippen LogP) is 4.23. The molecule has 0 aliphatic rings. The summed E-state index contributed by atoms with van der Waals surface area (Å²) in [6.45, 7) is 3.73. The highest BCUT2D eigenvalue weighted by molar-refractivity contribution is 9.10. The third kappa shape index (κ3) is 5.57. The molecule has 0 radical (unpaired) electrons. The van der Waals surface area contributed by atoms with Gasteiger partial charge in [-0.3, -0.25) is 0 Å². The van der Waals surface area contributed by atoms with Gasteiger partial charge in [0.15, 0.2) is 0 Å². The fraction of sp³-hybridized carbons (Fsp3) is 0.353. The van der Waals surface area contributed by atoms with E-state index in [0.717, 1.165) is 52.0 Å². The van der Waals surface area contributed by atoms with Gasteiger partial charge in [0.25, 0.3) is 0 Å². The molecule has 3 aromatic rings. The second-order valence-electron chi connectivity index (χ2n) is 5.69. The van der Waals surface area contributed by atoms with Crippen LogP contribution in [0.25, 0.3) is 11.3 Å². The zero-order chi connectivity index (χ0) is 17.6. The van der Waals surface area contributed by atoms with Crippen LogP contribution in [0.5, 0.6) is 0 Å². The lowest BCUT2D eigenvalue weighted by molar-refractivity contribution is 0.494. The monoisotopic (exact) mass is 457 g/mol. The molecule has 0 saturated carbocycles. The molecule has 0 amide bonds. The highest BCUT2D eigenvalue weighted by Crippen LogP contribution is 2.26. The van der Waals surface area contributed by atoms with Crippen molar-refractivity contribution >= 4 is 40.1 Å². The van der Waals surface area contributed by atoms with Gasteiger partial charge in [-0.05, 0) is 60.1 Å². The number of aromatic nitrogens is 4. The van der Waals surface area contributed by atoms with Gasteiger partial charge in [0.05, 0.1) is 6.54 Å². The summed E-state index contributed by atoms with van der Waals surface area (Å²) in [4.78, 5) is 0. The Morgan fingerprint density at radius 2 is 2.12 bits per heavy atom. The van der Waals surface area contributed by atoms with Crippen molar-refractivity contribution in [3.8, 4) is 11.3 Å². The van der Waals surface area contributed by atoms with E-state index in [1.165, 1.54) is 5.56 Å². The molecule has 0 spiro atoms. The zero-order valence-corrected chi connectivity index (χ0v) is 17.8. The molecule has 6 nitrogen and oxygen atoms in total. The summed E-state index contributed by atoms with van der Waals surface area (Å²) < 4.78 is 8.73. The van der Waals surface area contributed by atoms with E-state index in [4.69, 9.17) is 4.42 Å². The van der Waals surface area contributed by atoms with Crippen LogP contribution < -0.4 is 5.32 Å². The Hall–Kier alpha value is -1.35. The van der Waals surface area contributed by atoms with Gasteiger partial charge < -0.3 is 9.73 Å². The fourth-order valence-electron chi connectivity index (χ4n) is 2.34. The van der Waals surface area contributed by atoms with Crippen molar-refractivity contribution in [3.63, 3.8) is 0 Å². The number of halogens is 2. The number of hydrogen-bond acceptors (Lipinski definition) is 6. The first-order valence-electron chi connectivity index (χ1n) is 8.04. The quantitative estimate of drug-likeness (QED) is 0.402. The molecule has 0 bridgehead atoms. The number of furan rings is 1. The average molecular weight is 459 g/mol. The van der Waals surface area contributed by atoms with E-state index >= 15 is 0 Å². The van der Waals surface area contributed by atoms with Crippen molar-refractivity contribution in [2.24, 2.45) is 7.05 Å². The molecule has 0 atom stereocenters. The fourth-order valence-corrected chi connectivity index (χ4v) is 3.38. The van der Waals surface area contributed by atoms with E-state index < -0.39 is 0 Å². The number of aryl methyl sites for hydroxylation is 2. The molecule has 1 N–H and O–H groups in total. The minimum absolute atomic E-state index is 0. The van der Waals surface area contributed by atoms with Gasteiger partial charge in [-0.15, -0.1) is 17.5 Å². The van der Waals surface area contributed by atoms with Crippen molar-refractivity contribution in [2.45, 2.75) is 25.0 Å². The smallest absolute Gasteiger partial charge is 0.209 e. The number of nitrogens with zero attached hydrogens (tertiary/aromatic N) is 4. The molecule has 0 saturated heterocycles. The van der Waals surface area contributed by atoms with Crippen molar-refractivity contribution in [1.82, 2.24) is 25.5 Å². The van der Waals surface area contributed by atoms with Crippen LogP contribution in [-0.2, 0) is 13.6 Å². The van der Waals surface area contributed by atoms with E-state index in [0.29, 0.717) is 0 Å². The molecule has 9 heteroatoms. The number of nitrogens with one attached hydrogen (secondary N) is 1. The Balaban J connectivity index is 0.00000243. The Bertz CT molecular complexity index is 838. The SMILES string of the molecule is Cc1cc(-c2ccc(CNCCCSc3nnnn3C)o2)ccc1Br.Cl. The van der Waals surface area contributed by atoms with Crippen LogP contribution in [0.3, 0.4) is 0 Å². The summed E-state index contributed by atoms with van der Waals surface area (Å²) in [5, 5.41) is 15.6. The van der Waals surface area contributed by atoms with E-state index in [1.54, 1.807) is 16.4 Å². The van der Waals surface area contributed by atoms with Crippen molar-refractivity contribution in [1.29, 1.82) is 0 Å². The zero-order valence-electron chi connectivity index (χ0n) is 14.6. The molecule has 1 aromatic carbocycles. The van der Waals surface area contributed by atoms with Crippen LogP contribution in [0.1, 0.15) is 17.7 Å². The molecule has 0 unspecified atom stereocenters. The lowest BCUT2D eigenvalue weighted by atomic mass is 10.1. The number of thioether (sulfide) groups is 1. The third-order valence-electron chi connectivity index (χ3n) is 3.71. The second kappa shape index (κ2) is 10.1. The van der Waals surface area contributed by atoms with Gasteiger partial charge in [-0.25, -0.2) is 4.68 Å². The molecule has 0 aliphatic heterocycles. The largest absolute Gasteiger partial charge is 0.460 e. The first-order valence-corrected chi connectivity index (χ1v) is 9.82. The van der Waals surface area contributed by atoms with Crippen LogP contribution in [-0.4, -0.2) is 32.5 Å². The molecule has 2 heterocycles. The predicted molar refractivity (Wildman–Crippen MR) is 110 cm³/mol. The average Bonchev–Trinajstić information content (AvgIpc) is 3.23. The van der Waals surface area contributed by atoms with Crippen LogP contribution in [0.4, 0.5) is 0 Å². The van der Waals surface area contributed by atoms with Gasteiger partial charge in [0.1, 0.15) is 11.5 Å². The van der Waals surface area contributed by atoms with E-state index in [1.807, 2.05) is 19.2 Å². The van der Waals surface area contributed by atoms with Crippen molar-refractivity contribution in [2.75, 3.05) is 12.3 Å². The topological polar surface area (TPSA) is 68.8 Å². The maximum atomic E-state index is 5.93. The lowest BCUT2D eigenvalue weighted by Gasteiger charge is -2.03. The summed E-state index contributed by atoms with van der Waals surface area (Å²) in [5.41, 5.74) is 2.30. The van der Waals surface area contributed by atoms with Gasteiger partial charge in [-0.2, -0.15) is 0 Å². The summed E-state index contributed by atoms with van der Waals surface area (Å²) in [6.07, 6.45) is 1.04. The van der Waals surface area contributed by atoms with Crippen molar-refractivity contribution in [3.05, 3.63) is 46.1 Å². The Morgan fingerprint density at radius 3 is 2.85 bits per heavy atom. The highest BCUT2D eigenvalue weighted by atomic mass is 79.9. The summed E-state index contributed by atoms with van der Waals surface area (Å²) >= 11 is 5.19. The summed E-state index contributed by atoms with van der Waals surface area (Å²) in [7, 11) is 1.85. The molecule has 0 fully saturated rings. The number of hydrogen-bond donors (Lipinski definition) is 1. The van der Waals surface area contributed by atoms with Crippen LogP contribution in [0.2, 0.25) is 0 Å². The third-order valence-corrected chi connectivity index (χ3v) is 5.70. The van der Waals surface area contributed by atoms with Gasteiger partial charge in [0.2, 0.25) is 5.16 Å². The molecular formula is C17H21BrClN5OS. The highest BCUT2D eigenvalue weighted by Gasteiger charge is 2.06. The van der Waals surface area contributed by atoms with Crippen molar-refractivity contribution < 1.29 is 4.42 Å². The maximum Gasteiger partial charge on any atom is 0.209 e. The van der Waals surface area contributed by atoms with Gasteiger partial charge in [-0.1, -0.05) is 33.8 Å². The molecule has 3 rings (SSSR count). The minimum Gasteiger partial charge on any atom is -0.460 e. The van der Waals surface area contributed by atoms with E-state index in [-0.39, 0.29) is 12.4 Å². The maximum absolute atomic E-state index is 5.93. The second-order valence-corrected chi connectivity index (χ2v) is 7.61. The minimum atomic E-state index is 0. The first-order chi connectivity index (χ1) is 12.1. The van der Waals surface area contributed by atoms with Crippen LogP contribution in [0, 0.1) is 6.92 Å². The summed E-state index contributed by atoms with van der Waals surface area (Å²) in [6, 6.07) is 10.3. The Morgan fingerprint density at radius 1 is 1.27 bits per heavy atom. The normalized spacial score (nSPS) is 10.7. The molecule has 2 aromatic heterocycles. The standard InChI is InChI=1S/C17H20BrN5OS.ClH/c1-12-10-13(4-6-15(12)18)16-7-5-14(24-16)11-19-8-3-9-25-17-20-21-22-23(17)2;/h4-7,10,19H,3,8-9,11H2,1-2H3;1H. The van der Waals surface area contributed by atoms with E-state index in [2.05, 4.69) is 61.9 Å². The molecule has 0 aliphatic carbocycles. The Kier molecular flexibility index (Phi) is 8.15. The first kappa shape index (κ1) is 21.0. The Labute approximate surface area is 171 Å². The van der Waals surface area contributed by atoms with Crippen LogP contribution in [0.15, 0.2) is 44.4 Å². The number of benzene rings is 1. The van der Waals surface area contributed by atoms with Gasteiger partial charge in [0, 0.05) is 22.8 Å². The number of rotatable bonds is 8. The molecule has 140 valence electrons. The lowest BCUT2D eigenvalue weighted by Crippen LogP contribution is -2.14. The van der Waals surface area contributed by atoms with E-state index in [9.17, 15) is 0 Å². The van der Waals surface area contributed by atoms with Crippen LogP contribution >= 0.6 is 40.1 Å². The molecular weight excluding hydrogens is 438 g/mol.